The summed E-state index contributed by atoms with van der Waals surface area (Å²) in [7, 11) is 1.36. The fraction of sp³-hybridized carbons (Fsp3) is 0.150. The predicted molar refractivity (Wildman–Crippen MR) is 108 cm³/mol. The van der Waals surface area contributed by atoms with E-state index in [1.807, 2.05) is 0 Å². The molecule has 150 valence electrons. The standard InChI is InChI=1S/C20H17ClN2O6/c1-10(24)19-18(11-5-3-4-6-15(11)29-19)23-17(25)9-28-20(26)12-7-13(21)14(22)8-16(12)27-2/h3-8H,9,22H2,1-2H3,(H,23,25). The highest BCUT2D eigenvalue weighted by Gasteiger charge is 2.21. The number of rotatable bonds is 6. The number of ether oxygens (including phenoxy) is 2. The molecular formula is C20H17ClN2O6. The smallest absolute Gasteiger partial charge is 0.342 e. The minimum absolute atomic E-state index is 0.0119. The number of methoxy groups -OCH3 is 1. The summed E-state index contributed by atoms with van der Waals surface area (Å²) >= 11 is 5.94. The summed E-state index contributed by atoms with van der Waals surface area (Å²) < 4.78 is 15.6. The van der Waals surface area contributed by atoms with Crippen LogP contribution in [0.15, 0.2) is 40.8 Å². The number of halogens is 1. The van der Waals surface area contributed by atoms with Crippen LogP contribution in [0.1, 0.15) is 27.8 Å². The van der Waals surface area contributed by atoms with E-state index in [0.717, 1.165) is 0 Å². The summed E-state index contributed by atoms with van der Waals surface area (Å²) in [5.74, 6) is -1.64. The SMILES string of the molecule is COc1cc(N)c(Cl)cc1C(=O)OCC(=O)Nc1c(C(C)=O)oc2ccccc12. The number of para-hydroxylation sites is 1. The lowest BCUT2D eigenvalue weighted by atomic mass is 10.2. The number of fused-ring (bicyclic) bond motifs is 1. The van der Waals surface area contributed by atoms with Gasteiger partial charge in [-0.15, -0.1) is 0 Å². The Morgan fingerprint density at radius 2 is 1.93 bits per heavy atom. The van der Waals surface area contributed by atoms with Crippen molar-refractivity contribution in [2.75, 3.05) is 24.8 Å². The van der Waals surface area contributed by atoms with Gasteiger partial charge >= 0.3 is 5.97 Å². The lowest BCUT2D eigenvalue weighted by Gasteiger charge is -2.11. The van der Waals surface area contributed by atoms with Gasteiger partial charge in [0.05, 0.1) is 23.5 Å². The third kappa shape index (κ3) is 4.17. The highest BCUT2D eigenvalue weighted by atomic mass is 35.5. The number of amides is 1. The minimum Gasteiger partial charge on any atom is -0.496 e. The second-order valence-electron chi connectivity index (χ2n) is 6.06. The average Bonchev–Trinajstić information content (AvgIpc) is 3.06. The number of nitrogen functional groups attached to an aromatic ring is 1. The Balaban J connectivity index is 1.75. The van der Waals surface area contributed by atoms with Gasteiger partial charge in [-0.05, 0) is 18.2 Å². The molecule has 3 rings (SSSR count). The molecule has 0 aliphatic rings. The molecular weight excluding hydrogens is 400 g/mol. The largest absolute Gasteiger partial charge is 0.496 e. The van der Waals surface area contributed by atoms with Gasteiger partial charge in [-0.1, -0.05) is 23.7 Å². The Morgan fingerprint density at radius 1 is 1.21 bits per heavy atom. The quantitative estimate of drug-likeness (QED) is 0.357. The van der Waals surface area contributed by atoms with Crippen molar-refractivity contribution < 1.29 is 28.3 Å². The number of hydrogen-bond donors (Lipinski definition) is 2. The van der Waals surface area contributed by atoms with Gasteiger partial charge in [0, 0.05) is 18.4 Å². The molecule has 3 N–H and O–H groups in total. The molecule has 0 spiro atoms. The zero-order chi connectivity index (χ0) is 21.1. The summed E-state index contributed by atoms with van der Waals surface area (Å²) in [6.45, 7) is 0.728. The lowest BCUT2D eigenvalue weighted by molar-refractivity contribution is -0.119. The molecule has 1 heterocycles. The summed E-state index contributed by atoms with van der Waals surface area (Å²) in [6, 6.07) is 9.55. The van der Waals surface area contributed by atoms with Crippen LogP contribution in [-0.2, 0) is 9.53 Å². The van der Waals surface area contributed by atoms with Gasteiger partial charge in [0.2, 0.25) is 0 Å². The van der Waals surface area contributed by atoms with Crippen LogP contribution < -0.4 is 15.8 Å². The number of esters is 1. The predicted octanol–water partition coefficient (Wildman–Crippen LogP) is 3.68. The third-order valence-electron chi connectivity index (χ3n) is 4.05. The first-order valence-corrected chi connectivity index (χ1v) is 8.82. The highest BCUT2D eigenvalue weighted by molar-refractivity contribution is 6.33. The fourth-order valence-electron chi connectivity index (χ4n) is 2.70. The molecule has 3 aromatic rings. The second-order valence-corrected chi connectivity index (χ2v) is 6.46. The van der Waals surface area contributed by atoms with Gasteiger partial charge in [-0.2, -0.15) is 0 Å². The zero-order valence-corrected chi connectivity index (χ0v) is 16.3. The molecule has 1 amide bonds. The topological polar surface area (TPSA) is 121 Å². The number of ketones is 1. The van der Waals surface area contributed by atoms with E-state index in [9.17, 15) is 14.4 Å². The molecule has 1 aromatic heterocycles. The Kier molecular flexibility index (Phi) is 5.74. The van der Waals surface area contributed by atoms with Crippen LogP contribution in [0.3, 0.4) is 0 Å². The van der Waals surface area contributed by atoms with E-state index in [0.29, 0.717) is 11.0 Å². The number of nitrogens with two attached hydrogens (primary N) is 1. The van der Waals surface area contributed by atoms with Gasteiger partial charge in [0.15, 0.2) is 18.2 Å². The van der Waals surface area contributed by atoms with E-state index in [2.05, 4.69) is 5.32 Å². The second kappa shape index (κ2) is 8.24. The molecule has 0 atom stereocenters. The number of carbonyl (C=O) groups excluding carboxylic acids is 3. The van der Waals surface area contributed by atoms with Crippen molar-refractivity contribution >= 4 is 51.6 Å². The van der Waals surface area contributed by atoms with Crippen LogP contribution in [0.5, 0.6) is 5.75 Å². The van der Waals surface area contributed by atoms with Crippen LogP contribution >= 0.6 is 11.6 Å². The van der Waals surface area contributed by atoms with E-state index in [4.69, 9.17) is 31.2 Å². The molecule has 0 aliphatic heterocycles. The van der Waals surface area contributed by atoms with Crippen molar-refractivity contribution in [3.63, 3.8) is 0 Å². The van der Waals surface area contributed by atoms with Crippen LogP contribution in [0.25, 0.3) is 11.0 Å². The van der Waals surface area contributed by atoms with Crippen molar-refractivity contribution in [1.29, 1.82) is 0 Å². The van der Waals surface area contributed by atoms with Gasteiger partial charge in [-0.3, -0.25) is 9.59 Å². The number of Topliss-reactive ketones (excluding diaryl/α,β-unsaturated/α-hetero) is 1. The van der Waals surface area contributed by atoms with E-state index >= 15 is 0 Å². The Morgan fingerprint density at radius 3 is 2.62 bits per heavy atom. The molecule has 29 heavy (non-hydrogen) atoms. The molecule has 0 unspecified atom stereocenters. The normalized spacial score (nSPS) is 10.6. The molecule has 2 aromatic carbocycles. The number of anilines is 2. The molecule has 0 saturated heterocycles. The number of carbonyl (C=O) groups is 3. The number of furan rings is 1. The number of nitrogens with one attached hydrogen (secondary N) is 1. The fourth-order valence-corrected chi connectivity index (χ4v) is 2.86. The van der Waals surface area contributed by atoms with E-state index in [-0.39, 0.29) is 39.3 Å². The van der Waals surface area contributed by atoms with Crippen molar-refractivity contribution in [3.05, 3.63) is 52.7 Å². The summed E-state index contributed by atoms with van der Waals surface area (Å²) in [4.78, 5) is 36.5. The molecule has 0 saturated carbocycles. The Labute approximate surface area is 170 Å². The Bertz CT molecular complexity index is 1120. The summed E-state index contributed by atoms with van der Waals surface area (Å²) in [6.07, 6.45) is 0. The first kappa shape index (κ1) is 20.2. The van der Waals surface area contributed by atoms with Crippen LogP contribution in [0, 0.1) is 0 Å². The maximum atomic E-state index is 12.3. The van der Waals surface area contributed by atoms with Crippen molar-refractivity contribution in [2.24, 2.45) is 0 Å². The molecule has 0 radical (unpaired) electrons. The molecule has 8 nitrogen and oxygen atoms in total. The maximum Gasteiger partial charge on any atom is 0.342 e. The maximum absolute atomic E-state index is 12.3. The van der Waals surface area contributed by atoms with Crippen molar-refractivity contribution in [1.82, 2.24) is 0 Å². The van der Waals surface area contributed by atoms with Crippen LogP contribution in [-0.4, -0.2) is 31.4 Å². The van der Waals surface area contributed by atoms with E-state index < -0.39 is 18.5 Å². The Hall–Kier alpha value is -3.52. The molecule has 0 aliphatic carbocycles. The van der Waals surface area contributed by atoms with E-state index in [1.54, 1.807) is 24.3 Å². The summed E-state index contributed by atoms with van der Waals surface area (Å²) in [5, 5.41) is 3.27. The van der Waals surface area contributed by atoms with Crippen LogP contribution in [0.4, 0.5) is 11.4 Å². The monoisotopic (exact) mass is 416 g/mol. The first-order chi connectivity index (χ1) is 13.8. The highest BCUT2D eigenvalue weighted by Crippen LogP contribution is 2.31. The molecule has 9 heteroatoms. The lowest BCUT2D eigenvalue weighted by Crippen LogP contribution is -2.22. The van der Waals surface area contributed by atoms with Crippen molar-refractivity contribution in [2.45, 2.75) is 6.92 Å². The molecule has 0 bridgehead atoms. The van der Waals surface area contributed by atoms with Gasteiger partial charge < -0.3 is 24.9 Å². The summed E-state index contributed by atoms with van der Waals surface area (Å²) in [5.41, 5.74) is 6.62. The van der Waals surface area contributed by atoms with E-state index in [1.165, 1.54) is 26.2 Å². The van der Waals surface area contributed by atoms with Gasteiger partial charge in [0.1, 0.15) is 16.9 Å². The molecule has 0 fully saturated rings. The average molecular weight is 417 g/mol. The zero-order valence-electron chi connectivity index (χ0n) is 15.6. The van der Waals surface area contributed by atoms with Gasteiger partial charge in [0.25, 0.3) is 5.91 Å². The number of benzene rings is 2. The van der Waals surface area contributed by atoms with Crippen LogP contribution in [0.2, 0.25) is 5.02 Å². The minimum atomic E-state index is -0.817. The number of hydrogen-bond acceptors (Lipinski definition) is 7. The van der Waals surface area contributed by atoms with Gasteiger partial charge in [-0.25, -0.2) is 4.79 Å². The third-order valence-corrected chi connectivity index (χ3v) is 4.38. The van der Waals surface area contributed by atoms with Crippen molar-refractivity contribution in [3.8, 4) is 5.75 Å². The first-order valence-electron chi connectivity index (χ1n) is 8.44.